The minimum atomic E-state index is -0.532. The third-order valence-electron chi connectivity index (χ3n) is 6.02. The highest BCUT2D eigenvalue weighted by Gasteiger charge is 2.20. The summed E-state index contributed by atoms with van der Waals surface area (Å²) in [5, 5.41) is 13.7. The number of nitrogens with one attached hydrogen (secondary N) is 1. The quantitative estimate of drug-likeness (QED) is 0.190. The lowest BCUT2D eigenvalue weighted by Crippen LogP contribution is -2.40. The molecule has 1 heterocycles. The number of phenols is 1. The van der Waals surface area contributed by atoms with E-state index in [1.165, 1.54) is 6.07 Å². The van der Waals surface area contributed by atoms with Gasteiger partial charge in [0.25, 0.3) is 5.91 Å². The number of carbonyl (C=O) groups excluding carboxylic acids is 2. The van der Waals surface area contributed by atoms with Gasteiger partial charge in [-0.2, -0.15) is 0 Å². The first kappa shape index (κ1) is 27.8. The van der Waals surface area contributed by atoms with Crippen molar-refractivity contribution in [3.8, 4) is 5.75 Å². The van der Waals surface area contributed by atoms with E-state index < -0.39 is 11.9 Å². The van der Waals surface area contributed by atoms with E-state index in [0.717, 1.165) is 16.7 Å². The summed E-state index contributed by atoms with van der Waals surface area (Å²) in [6.07, 6.45) is 4.36. The van der Waals surface area contributed by atoms with Crippen LogP contribution in [0, 0.1) is 0 Å². The zero-order chi connectivity index (χ0) is 27.8. The molecule has 0 bridgehead atoms. The number of hydrogen-bond donors (Lipinski definition) is 2. The van der Waals surface area contributed by atoms with Crippen molar-refractivity contribution in [3.05, 3.63) is 106 Å². The molecule has 0 fully saturated rings. The van der Waals surface area contributed by atoms with Crippen LogP contribution < -0.4 is 5.32 Å². The molecule has 3 aromatic carbocycles. The molecule has 1 amide bonds. The number of hydrogen-bond acceptors (Lipinski definition) is 6. The molecule has 1 atom stereocenters. The van der Waals surface area contributed by atoms with Crippen LogP contribution in [0.15, 0.2) is 72.8 Å². The second kappa shape index (κ2) is 13.0. The average molecular weight is 545 g/mol. The number of aromatic hydroxyl groups is 1. The van der Waals surface area contributed by atoms with E-state index in [2.05, 4.69) is 10.3 Å². The summed E-state index contributed by atoms with van der Waals surface area (Å²) in [6.45, 7) is 2.20. The number of methoxy groups -OCH3 is 1. The minimum Gasteiger partial charge on any atom is -0.508 e. The number of halogens is 1. The predicted molar refractivity (Wildman–Crippen MR) is 153 cm³/mol. The summed E-state index contributed by atoms with van der Waals surface area (Å²) in [5.41, 5.74) is 3.62. The molecule has 0 radical (unpaired) electrons. The van der Waals surface area contributed by atoms with Crippen molar-refractivity contribution in [2.75, 3.05) is 20.3 Å². The van der Waals surface area contributed by atoms with Gasteiger partial charge in [-0.25, -0.2) is 9.78 Å². The fraction of sp³-hybridized carbons (Fsp3) is 0.194. The number of phenolic OH excluding ortho intramolecular Hbond substituents is 1. The molecule has 4 rings (SSSR count). The molecule has 1 aromatic heterocycles. The summed E-state index contributed by atoms with van der Waals surface area (Å²) in [5.74, 6) is -0.799. The van der Waals surface area contributed by atoms with Gasteiger partial charge in [-0.15, -0.1) is 0 Å². The van der Waals surface area contributed by atoms with Crippen LogP contribution in [0.3, 0.4) is 0 Å². The first-order valence-corrected chi connectivity index (χ1v) is 12.9. The average Bonchev–Trinajstić information content (AvgIpc) is 2.93. The Balaban J connectivity index is 1.63. The van der Waals surface area contributed by atoms with Crippen LogP contribution in [0.2, 0.25) is 5.02 Å². The summed E-state index contributed by atoms with van der Waals surface area (Å²) >= 11 is 5.97. The van der Waals surface area contributed by atoms with E-state index >= 15 is 0 Å². The molecular formula is C31H29ClN2O5. The number of carbonyl (C=O) groups is 2. The molecule has 0 spiro atoms. The van der Waals surface area contributed by atoms with Gasteiger partial charge in [0.05, 0.1) is 30.3 Å². The fourth-order valence-corrected chi connectivity index (χ4v) is 4.26. The summed E-state index contributed by atoms with van der Waals surface area (Å²) in [4.78, 5) is 30.7. The highest BCUT2D eigenvalue weighted by atomic mass is 35.5. The van der Waals surface area contributed by atoms with Gasteiger partial charge in [0.1, 0.15) is 11.4 Å². The lowest BCUT2D eigenvalue weighted by molar-refractivity contribution is 0.0528. The molecular weight excluding hydrogens is 516 g/mol. The van der Waals surface area contributed by atoms with Gasteiger partial charge in [-0.1, -0.05) is 54.1 Å². The highest BCUT2D eigenvalue weighted by Crippen LogP contribution is 2.23. The van der Waals surface area contributed by atoms with Crippen LogP contribution in [0.4, 0.5) is 0 Å². The Morgan fingerprint density at radius 3 is 2.38 bits per heavy atom. The number of aromatic nitrogens is 1. The largest absolute Gasteiger partial charge is 0.508 e. The summed E-state index contributed by atoms with van der Waals surface area (Å²) in [6, 6.07) is 20.8. The van der Waals surface area contributed by atoms with Crippen LogP contribution in [0.1, 0.15) is 44.5 Å². The van der Waals surface area contributed by atoms with Crippen molar-refractivity contribution in [1.29, 1.82) is 0 Å². The molecule has 200 valence electrons. The Bertz CT molecular complexity index is 1480. The molecule has 0 aliphatic carbocycles. The molecule has 2 N–H and O–H groups in total. The maximum atomic E-state index is 13.3. The van der Waals surface area contributed by atoms with Gasteiger partial charge in [0.2, 0.25) is 0 Å². The molecule has 0 aliphatic heterocycles. The topological polar surface area (TPSA) is 97.8 Å². The Labute approximate surface area is 232 Å². The SMILES string of the molecule is CCOC(=O)c1cc(C(=O)N[C@H](COC)Cc2ccc(O)cc2)nc2ccc(C=Cc3ccc(Cl)cc3)cc12. The number of amides is 1. The number of esters is 1. The van der Waals surface area contributed by atoms with Crippen LogP contribution >= 0.6 is 11.6 Å². The number of fused-ring (bicyclic) bond motifs is 1. The monoisotopic (exact) mass is 544 g/mol. The maximum absolute atomic E-state index is 13.3. The molecule has 39 heavy (non-hydrogen) atoms. The molecule has 0 unspecified atom stereocenters. The zero-order valence-corrected chi connectivity index (χ0v) is 22.4. The van der Waals surface area contributed by atoms with Gasteiger partial charge in [-0.3, -0.25) is 4.79 Å². The standard InChI is InChI=1S/C31H29ClN2O5/c1-3-39-31(37)27-18-29(30(36)33-24(19-38-2)16-21-8-13-25(35)14-9-21)34-28-15-10-22(17-26(27)28)5-4-20-6-11-23(32)12-7-20/h4-15,17-18,24,35H,3,16,19H2,1-2H3,(H,33,36)/t24-/m0/s1. The Morgan fingerprint density at radius 1 is 1.00 bits per heavy atom. The highest BCUT2D eigenvalue weighted by molar-refractivity contribution is 6.30. The van der Waals surface area contributed by atoms with E-state index in [9.17, 15) is 14.7 Å². The van der Waals surface area contributed by atoms with E-state index in [1.807, 2.05) is 48.6 Å². The predicted octanol–water partition coefficient (Wildman–Crippen LogP) is 5.93. The lowest BCUT2D eigenvalue weighted by Gasteiger charge is -2.18. The zero-order valence-electron chi connectivity index (χ0n) is 21.7. The van der Waals surface area contributed by atoms with E-state index in [1.54, 1.807) is 44.4 Å². The summed E-state index contributed by atoms with van der Waals surface area (Å²) in [7, 11) is 1.56. The van der Waals surface area contributed by atoms with E-state index in [0.29, 0.717) is 22.3 Å². The van der Waals surface area contributed by atoms with Crippen LogP contribution in [-0.4, -0.2) is 48.3 Å². The molecule has 0 saturated carbocycles. The third-order valence-corrected chi connectivity index (χ3v) is 6.27. The normalized spacial score (nSPS) is 12.0. The van der Waals surface area contributed by atoms with Crippen molar-refractivity contribution < 1.29 is 24.2 Å². The van der Waals surface area contributed by atoms with Crippen molar-refractivity contribution in [3.63, 3.8) is 0 Å². The van der Waals surface area contributed by atoms with Gasteiger partial charge < -0.3 is 19.9 Å². The van der Waals surface area contributed by atoms with Crippen molar-refractivity contribution in [1.82, 2.24) is 10.3 Å². The Kier molecular flexibility index (Phi) is 9.31. The fourth-order valence-electron chi connectivity index (χ4n) is 4.14. The van der Waals surface area contributed by atoms with Crippen LogP contribution in [-0.2, 0) is 15.9 Å². The van der Waals surface area contributed by atoms with Gasteiger partial charge in [-0.05, 0) is 72.5 Å². The van der Waals surface area contributed by atoms with Crippen LogP contribution in [0.5, 0.6) is 5.75 Å². The molecule has 4 aromatic rings. The lowest BCUT2D eigenvalue weighted by atomic mass is 10.0. The van der Waals surface area contributed by atoms with Gasteiger partial charge in [0.15, 0.2) is 0 Å². The van der Waals surface area contributed by atoms with Crippen molar-refractivity contribution in [2.24, 2.45) is 0 Å². The second-order valence-corrected chi connectivity index (χ2v) is 9.37. The molecule has 0 aliphatic rings. The number of pyridine rings is 1. The minimum absolute atomic E-state index is 0.0989. The maximum Gasteiger partial charge on any atom is 0.338 e. The van der Waals surface area contributed by atoms with Gasteiger partial charge in [0, 0.05) is 17.5 Å². The number of benzene rings is 3. The summed E-state index contributed by atoms with van der Waals surface area (Å²) < 4.78 is 10.6. The Hall–Kier alpha value is -4.20. The number of nitrogens with zero attached hydrogens (tertiary/aromatic N) is 1. The van der Waals surface area contributed by atoms with Crippen LogP contribution in [0.25, 0.3) is 23.1 Å². The third kappa shape index (κ3) is 7.44. The first-order valence-electron chi connectivity index (χ1n) is 12.5. The van der Waals surface area contributed by atoms with Crippen molar-refractivity contribution >= 4 is 46.5 Å². The Morgan fingerprint density at radius 2 is 1.69 bits per heavy atom. The molecule has 0 saturated heterocycles. The molecule has 8 heteroatoms. The van der Waals surface area contributed by atoms with E-state index in [-0.39, 0.29) is 36.3 Å². The molecule has 7 nitrogen and oxygen atoms in total. The second-order valence-electron chi connectivity index (χ2n) is 8.93. The smallest absolute Gasteiger partial charge is 0.338 e. The van der Waals surface area contributed by atoms with E-state index in [4.69, 9.17) is 21.1 Å². The first-order chi connectivity index (χ1) is 18.9. The number of rotatable bonds is 10. The van der Waals surface area contributed by atoms with Crippen molar-refractivity contribution in [2.45, 2.75) is 19.4 Å². The van der Waals surface area contributed by atoms with Gasteiger partial charge >= 0.3 is 5.97 Å². The number of ether oxygens (including phenoxy) is 2.